The number of para-hydroxylation sites is 2. The Morgan fingerprint density at radius 3 is 2.78 bits per heavy atom. The molecule has 1 aromatic heterocycles. The van der Waals surface area contributed by atoms with Crippen LogP contribution in [0.2, 0.25) is 0 Å². The van der Waals surface area contributed by atoms with Gasteiger partial charge in [-0.1, -0.05) is 23.9 Å². The highest BCUT2D eigenvalue weighted by molar-refractivity contribution is 7.99. The van der Waals surface area contributed by atoms with Gasteiger partial charge in [-0.2, -0.15) is 0 Å². The molecule has 1 fully saturated rings. The fraction of sp³-hybridized carbons (Fsp3) is 0.444. The van der Waals surface area contributed by atoms with Crippen molar-refractivity contribution in [3.63, 3.8) is 0 Å². The van der Waals surface area contributed by atoms with Gasteiger partial charge in [-0.15, -0.1) is 10.2 Å². The van der Waals surface area contributed by atoms with Crippen molar-refractivity contribution in [2.24, 2.45) is 0 Å². The lowest BCUT2D eigenvalue weighted by Gasteiger charge is -2.25. The number of hydrogen-bond acceptors (Lipinski definition) is 7. The number of aromatic nitrogens is 3. The lowest BCUT2D eigenvalue weighted by Crippen LogP contribution is -2.46. The van der Waals surface area contributed by atoms with Gasteiger partial charge < -0.3 is 14.0 Å². The normalized spacial score (nSPS) is 18.2. The molecule has 2 heterocycles. The number of fused-ring (bicyclic) bond motifs is 1. The van der Waals surface area contributed by atoms with Gasteiger partial charge in [0, 0.05) is 12.5 Å². The Kier molecular flexibility index (Phi) is 5.02. The van der Waals surface area contributed by atoms with Crippen molar-refractivity contribution in [3.05, 3.63) is 30.1 Å². The highest BCUT2D eigenvalue weighted by Crippen LogP contribution is 2.40. The second kappa shape index (κ2) is 7.59. The molecule has 1 aliphatic carbocycles. The molecule has 1 N–H and O–H groups in total. The standard InChI is InChI=1S/C18H20N4O4S/c1-2-22-16(11-7-8-11)20-21-18(22)27-10-15(23)19-17(24)14-9-25-12-5-3-4-6-13(12)26-14/h3-6,11,14H,2,7-10H2,1H3,(H,19,23,24)/t14-/m1/s1. The van der Waals surface area contributed by atoms with Crippen molar-refractivity contribution in [3.8, 4) is 11.5 Å². The van der Waals surface area contributed by atoms with Crippen LogP contribution in [0.15, 0.2) is 29.4 Å². The second-order valence-corrected chi connectivity index (χ2v) is 7.37. The van der Waals surface area contributed by atoms with E-state index in [0.717, 1.165) is 25.2 Å². The van der Waals surface area contributed by atoms with E-state index in [1.807, 2.05) is 17.6 Å². The molecule has 0 unspecified atom stereocenters. The number of amides is 2. The number of rotatable bonds is 6. The van der Waals surface area contributed by atoms with Crippen LogP contribution < -0.4 is 14.8 Å². The predicted molar refractivity (Wildman–Crippen MR) is 97.9 cm³/mol. The minimum Gasteiger partial charge on any atom is -0.485 e. The molecular weight excluding hydrogens is 368 g/mol. The SMILES string of the molecule is CCn1c(SCC(=O)NC(=O)[C@H]2COc3ccccc3O2)nnc1C1CC1. The Morgan fingerprint density at radius 2 is 2.04 bits per heavy atom. The molecular formula is C18H20N4O4S. The van der Waals surface area contributed by atoms with E-state index in [9.17, 15) is 9.59 Å². The molecule has 4 rings (SSSR count). The number of nitrogens with one attached hydrogen (secondary N) is 1. The molecule has 8 nitrogen and oxygen atoms in total. The molecule has 0 saturated heterocycles. The van der Waals surface area contributed by atoms with E-state index in [1.165, 1.54) is 11.8 Å². The van der Waals surface area contributed by atoms with Gasteiger partial charge in [-0.25, -0.2) is 0 Å². The highest BCUT2D eigenvalue weighted by Gasteiger charge is 2.31. The van der Waals surface area contributed by atoms with Crippen LogP contribution in [0.1, 0.15) is 31.5 Å². The monoisotopic (exact) mass is 388 g/mol. The van der Waals surface area contributed by atoms with Crippen molar-refractivity contribution in [1.82, 2.24) is 20.1 Å². The molecule has 0 spiro atoms. The first-order valence-electron chi connectivity index (χ1n) is 8.93. The summed E-state index contributed by atoms with van der Waals surface area (Å²) in [6.45, 7) is 2.85. The molecule has 142 valence electrons. The van der Waals surface area contributed by atoms with Gasteiger partial charge in [-0.3, -0.25) is 14.9 Å². The third-order valence-corrected chi connectivity index (χ3v) is 5.37. The minimum atomic E-state index is -0.852. The van der Waals surface area contributed by atoms with Crippen LogP contribution in [0.3, 0.4) is 0 Å². The molecule has 0 bridgehead atoms. The zero-order chi connectivity index (χ0) is 18.8. The lowest BCUT2D eigenvalue weighted by atomic mass is 10.2. The molecule has 1 atom stereocenters. The van der Waals surface area contributed by atoms with Gasteiger partial charge >= 0.3 is 0 Å². The third kappa shape index (κ3) is 3.92. The van der Waals surface area contributed by atoms with Gasteiger partial charge in [0.2, 0.25) is 12.0 Å². The van der Waals surface area contributed by atoms with Gasteiger partial charge in [0.25, 0.3) is 5.91 Å². The molecule has 2 amide bonds. The van der Waals surface area contributed by atoms with E-state index in [1.54, 1.807) is 18.2 Å². The van der Waals surface area contributed by atoms with Crippen LogP contribution in [-0.2, 0) is 16.1 Å². The molecule has 9 heteroatoms. The van der Waals surface area contributed by atoms with Crippen LogP contribution in [0.4, 0.5) is 0 Å². The summed E-state index contributed by atoms with van der Waals surface area (Å²) >= 11 is 1.28. The van der Waals surface area contributed by atoms with Crippen LogP contribution >= 0.6 is 11.8 Å². The Hall–Kier alpha value is -2.55. The average molecular weight is 388 g/mol. The summed E-state index contributed by atoms with van der Waals surface area (Å²) in [6.07, 6.45) is 1.43. The van der Waals surface area contributed by atoms with Gasteiger partial charge in [0.1, 0.15) is 12.4 Å². The number of imide groups is 1. The van der Waals surface area contributed by atoms with E-state index in [0.29, 0.717) is 22.6 Å². The van der Waals surface area contributed by atoms with Crippen LogP contribution in [0, 0.1) is 0 Å². The molecule has 1 aromatic carbocycles. The summed E-state index contributed by atoms with van der Waals surface area (Å²) in [5.74, 6) is 1.75. The molecule has 0 radical (unpaired) electrons. The number of hydrogen-bond donors (Lipinski definition) is 1. The van der Waals surface area contributed by atoms with E-state index in [4.69, 9.17) is 9.47 Å². The first kappa shape index (κ1) is 17.8. The van der Waals surface area contributed by atoms with Crippen LogP contribution in [0.25, 0.3) is 0 Å². The van der Waals surface area contributed by atoms with E-state index in [2.05, 4.69) is 15.5 Å². The lowest BCUT2D eigenvalue weighted by molar-refractivity contribution is -0.135. The maximum atomic E-state index is 12.3. The fourth-order valence-electron chi connectivity index (χ4n) is 2.88. The summed E-state index contributed by atoms with van der Waals surface area (Å²) in [6, 6.07) is 7.11. The van der Waals surface area contributed by atoms with Gasteiger partial charge in [0.15, 0.2) is 16.7 Å². The first-order valence-corrected chi connectivity index (χ1v) is 9.92. The van der Waals surface area contributed by atoms with E-state index < -0.39 is 17.9 Å². The van der Waals surface area contributed by atoms with Gasteiger partial charge in [-0.05, 0) is 31.9 Å². The predicted octanol–water partition coefficient (Wildman–Crippen LogP) is 1.75. The molecule has 2 aliphatic rings. The average Bonchev–Trinajstić information content (AvgIpc) is 3.45. The zero-order valence-corrected chi connectivity index (χ0v) is 15.7. The number of ether oxygens (including phenoxy) is 2. The summed E-state index contributed by atoms with van der Waals surface area (Å²) in [5, 5.41) is 11.5. The maximum absolute atomic E-state index is 12.3. The largest absolute Gasteiger partial charge is 0.485 e. The van der Waals surface area contributed by atoms with Crippen molar-refractivity contribution in [2.75, 3.05) is 12.4 Å². The summed E-state index contributed by atoms with van der Waals surface area (Å²) in [4.78, 5) is 24.4. The highest BCUT2D eigenvalue weighted by atomic mass is 32.2. The zero-order valence-electron chi connectivity index (χ0n) is 14.9. The number of carbonyl (C=O) groups excluding carboxylic acids is 2. The van der Waals surface area contributed by atoms with E-state index in [-0.39, 0.29) is 12.4 Å². The van der Waals surface area contributed by atoms with Gasteiger partial charge in [0.05, 0.1) is 5.75 Å². The van der Waals surface area contributed by atoms with Crippen molar-refractivity contribution < 1.29 is 19.1 Å². The Morgan fingerprint density at radius 1 is 1.26 bits per heavy atom. The Bertz CT molecular complexity index is 865. The smallest absolute Gasteiger partial charge is 0.271 e. The maximum Gasteiger partial charge on any atom is 0.271 e. The second-order valence-electron chi connectivity index (χ2n) is 6.42. The number of carbonyl (C=O) groups is 2. The Balaban J connectivity index is 1.30. The quantitative estimate of drug-likeness (QED) is 0.753. The number of nitrogens with zero attached hydrogens (tertiary/aromatic N) is 3. The number of thioether (sulfide) groups is 1. The molecule has 1 aliphatic heterocycles. The van der Waals surface area contributed by atoms with E-state index >= 15 is 0 Å². The first-order chi connectivity index (χ1) is 13.2. The fourth-order valence-corrected chi connectivity index (χ4v) is 3.69. The molecule has 27 heavy (non-hydrogen) atoms. The topological polar surface area (TPSA) is 95.3 Å². The summed E-state index contributed by atoms with van der Waals surface area (Å²) in [5.41, 5.74) is 0. The third-order valence-electron chi connectivity index (χ3n) is 4.40. The van der Waals surface area contributed by atoms with Crippen molar-refractivity contribution in [1.29, 1.82) is 0 Å². The van der Waals surface area contributed by atoms with Crippen LogP contribution in [-0.4, -0.2) is 45.0 Å². The Labute approximate surface area is 160 Å². The summed E-state index contributed by atoms with van der Waals surface area (Å²) < 4.78 is 13.1. The van der Waals surface area contributed by atoms with Crippen molar-refractivity contribution in [2.45, 2.75) is 43.5 Å². The molecule has 1 saturated carbocycles. The summed E-state index contributed by atoms with van der Waals surface area (Å²) in [7, 11) is 0. The molecule has 2 aromatic rings. The van der Waals surface area contributed by atoms with Crippen LogP contribution in [0.5, 0.6) is 11.5 Å². The van der Waals surface area contributed by atoms with Crippen molar-refractivity contribution >= 4 is 23.6 Å². The number of benzene rings is 1. The minimum absolute atomic E-state index is 0.0676.